The molecule has 108 valence electrons. The van der Waals surface area contributed by atoms with E-state index in [1.807, 2.05) is 0 Å². The van der Waals surface area contributed by atoms with Gasteiger partial charge in [-0.1, -0.05) is 12.1 Å². The summed E-state index contributed by atoms with van der Waals surface area (Å²) in [6, 6.07) is 4.67. The largest absolute Gasteiger partial charge is 0.341 e. The molecule has 0 bridgehead atoms. The van der Waals surface area contributed by atoms with Crippen molar-refractivity contribution < 1.29 is 9.72 Å². The molecule has 0 atom stereocenters. The molecule has 0 radical (unpaired) electrons. The molecular formula is C14H17ClN2O3. The zero-order valence-corrected chi connectivity index (χ0v) is 12.3. The third-order valence-electron chi connectivity index (χ3n) is 3.72. The van der Waals surface area contributed by atoms with Crippen molar-refractivity contribution in [2.45, 2.75) is 25.1 Å². The zero-order chi connectivity index (χ0) is 14.9. The Morgan fingerprint density at radius 1 is 1.50 bits per heavy atom. The van der Waals surface area contributed by atoms with E-state index < -0.39 is 4.92 Å². The average molecular weight is 297 g/mol. The van der Waals surface area contributed by atoms with Gasteiger partial charge in [0.2, 0.25) is 0 Å². The van der Waals surface area contributed by atoms with Crippen molar-refractivity contribution in [2.24, 2.45) is 5.92 Å². The first-order chi connectivity index (χ1) is 9.40. The lowest BCUT2D eigenvalue weighted by molar-refractivity contribution is -0.385. The maximum absolute atomic E-state index is 12.4. The van der Waals surface area contributed by atoms with Gasteiger partial charge >= 0.3 is 0 Å². The van der Waals surface area contributed by atoms with E-state index >= 15 is 0 Å². The van der Waals surface area contributed by atoms with Crippen LogP contribution in [-0.2, 0) is 0 Å². The highest BCUT2D eigenvalue weighted by Gasteiger charge is 2.31. The number of carbonyl (C=O) groups is 1. The van der Waals surface area contributed by atoms with Crippen molar-refractivity contribution in [1.29, 1.82) is 0 Å². The smallest absolute Gasteiger partial charge is 0.282 e. The van der Waals surface area contributed by atoms with Crippen molar-refractivity contribution >= 4 is 23.2 Å². The first-order valence-corrected chi connectivity index (χ1v) is 6.97. The second kappa shape index (κ2) is 5.79. The summed E-state index contributed by atoms with van der Waals surface area (Å²) in [5.41, 5.74) is 0.673. The number of aryl methyl sites for hydroxylation is 1. The summed E-state index contributed by atoms with van der Waals surface area (Å²) in [5.74, 6) is 0.0994. The number of halogens is 1. The molecule has 0 N–H and O–H groups in total. The number of nitro groups is 1. The SMILES string of the molecule is Cc1cccc([N+](=O)[O-])c1C(=O)N(C)CC1CC(Cl)C1. The van der Waals surface area contributed by atoms with Crippen LogP contribution in [0.4, 0.5) is 5.69 Å². The number of amides is 1. The third kappa shape index (κ3) is 2.93. The molecule has 20 heavy (non-hydrogen) atoms. The minimum atomic E-state index is -0.508. The summed E-state index contributed by atoms with van der Waals surface area (Å²) >= 11 is 5.92. The first-order valence-electron chi connectivity index (χ1n) is 6.53. The van der Waals surface area contributed by atoms with Gasteiger partial charge in [-0.3, -0.25) is 14.9 Å². The van der Waals surface area contributed by atoms with Crippen LogP contribution < -0.4 is 0 Å². The van der Waals surface area contributed by atoms with Crippen LogP contribution in [0, 0.1) is 23.0 Å². The van der Waals surface area contributed by atoms with Gasteiger partial charge in [0, 0.05) is 25.0 Å². The highest BCUT2D eigenvalue weighted by molar-refractivity contribution is 6.21. The van der Waals surface area contributed by atoms with Gasteiger partial charge in [0.1, 0.15) is 5.56 Å². The second-order valence-electron chi connectivity index (χ2n) is 5.35. The molecular weight excluding hydrogens is 280 g/mol. The molecule has 1 aliphatic rings. The maximum atomic E-state index is 12.4. The number of hydrogen-bond acceptors (Lipinski definition) is 3. The lowest BCUT2D eigenvalue weighted by atomic mass is 9.84. The lowest BCUT2D eigenvalue weighted by Gasteiger charge is -2.34. The van der Waals surface area contributed by atoms with Crippen LogP contribution in [0.1, 0.15) is 28.8 Å². The molecule has 6 heteroatoms. The van der Waals surface area contributed by atoms with Crippen LogP contribution in [0.25, 0.3) is 0 Å². The molecule has 1 fully saturated rings. The predicted molar refractivity (Wildman–Crippen MR) is 77.2 cm³/mol. The Bertz CT molecular complexity index is 541. The first kappa shape index (κ1) is 14.8. The molecule has 1 aromatic rings. The fourth-order valence-corrected chi connectivity index (χ4v) is 3.05. The average Bonchev–Trinajstić information content (AvgIpc) is 2.35. The van der Waals surface area contributed by atoms with Crippen LogP contribution in [0.5, 0.6) is 0 Å². The van der Waals surface area contributed by atoms with Crippen LogP contribution in [0.15, 0.2) is 18.2 Å². The van der Waals surface area contributed by atoms with Crippen LogP contribution >= 0.6 is 11.6 Å². The van der Waals surface area contributed by atoms with Crippen LogP contribution in [-0.4, -0.2) is 34.7 Å². The summed E-state index contributed by atoms with van der Waals surface area (Å²) in [6.45, 7) is 2.31. The summed E-state index contributed by atoms with van der Waals surface area (Å²) in [4.78, 5) is 24.5. The van der Waals surface area contributed by atoms with Crippen molar-refractivity contribution in [1.82, 2.24) is 4.90 Å². The Labute approximate surface area is 122 Å². The molecule has 2 rings (SSSR count). The minimum absolute atomic E-state index is 0.134. The van der Waals surface area contributed by atoms with E-state index in [0.717, 1.165) is 12.8 Å². The highest BCUT2D eigenvalue weighted by atomic mass is 35.5. The zero-order valence-electron chi connectivity index (χ0n) is 11.5. The van der Waals surface area contributed by atoms with E-state index in [1.165, 1.54) is 6.07 Å². The Hall–Kier alpha value is -1.62. The van der Waals surface area contributed by atoms with Gasteiger partial charge < -0.3 is 4.90 Å². The Morgan fingerprint density at radius 2 is 2.15 bits per heavy atom. The van der Waals surface area contributed by atoms with Gasteiger partial charge in [-0.05, 0) is 31.2 Å². The topological polar surface area (TPSA) is 63.5 Å². The van der Waals surface area contributed by atoms with Gasteiger partial charge in [0.25, 0.3) is 11.6 Å². The Morgan fingerprint density at radius 3 is 2.70 bits per heavy atom. The third-order valence-corrected chi connectivity index (χ3v) is 4.07. The van der Waals surface area contributed by atoms with E-state index in [2.05, 4.69) is 0 Å². The summed E-state index contributed by atoms with van der Waals surface area (Å²) < 4.78 is 0. The van der Waals surface area contributed by atoms with E-state index in [0.29, 0.717) is 18.0 Å². The predicted octanol–water partition coefficient (Wildman–Crippen LogP) is 2.99. The lowest BCUT2D eigenvalue weighted by Crippen LogP contribution is -2.38. The molecule has 0 heterocycles. The van der Waals surface area contributed by atoms with Crippen LogP contribution in [0.3, 0.4) is 0 Å². The van der Waals surface area contributed by atoms with E-state index in [1.54, 1.807) is 31.0 Å². The fourth-order valence-electron chi connectivity index (χ4n) is 2.55. The number of benzene rings is 1. The monoisotopic (exact) mass is 296 g/mol. The quantitative estimate of drug-likeness (QED) is 0.487. The van der Waals surface area contributed by atoms with Gasteiger partial charge in [-0.2, -0.15) is 0 Å². The Kier molecular flexibility index (Phi) is 4.28. The summed E-state index contributed by atoms with van der Waals surface area (Å²) in [7, 11) is 1.68. The van der Waals surface area contributed by atoms with Crippen LogP contribution in [0.2, 0.25) is 0 Å². The van der Waals surface area contributed by atoms with E-state index in [-0.39, 0.29) is 22.5 Å². The molecule has 0 unspecified atom stereocenters. The second-order valence-corrected chi connectivity index (χ2v) is 5.96. The van der Waals surface area contributed by atoms with Crippen molar-refractivity contribution in [3.8, 4) is 0 Å². The Balaban J connectivity index is 2.18. The number of alkyl halides is 1. The molecule has 0 aliphatic heterocycles. The normalized spacial score (nSPS) is 21.1. The summed E-state index contributed by atoms with van der Waals surface area (Å²) in [6.07, 6.45) is 1.80. The van der Waals surface area contributed by atoms with Crippen molar-refractivity contribution in [2.75, 3.05) is 13.6 Å². The standard InChI is InChI=1S/C14H17ClN2O3/c1-9-4-3-5-12(17(19)20)13(9)14(18)16(2)8-10-6-11(15)7-10/h3-5,10-11H,6-8H2,1-2H3. The number of rotatable bonds is 4. The maximum Gasteiger partial charge on any atom is 0.282 e. The van der Waals surface area contributed by atoms with Crippen molar-refractivity contribution in [3.05, 3.63) is 39.4 Å². The molecule has 1 aliphatic carbocycles. The summed E-state index contributed by atoms with van der Waals surface area (Å²) in [5, 5.41) is 11.3. The molecule has 5 nitrogen and oxygen atoms in total. The van der Waals surface area contributed by atoms with E-state index in [9.17, 15) is 14.9 Å². The fraction of sp³-hybridized carbons (Fsp3) is 0.500. The minimum Gasteiger partial charge on any atom is -0.341 e. The number of carbonyl (C=O) groups excluding carboxylic acids is 1. The van der Waals surface area contributed by atoms with Gasteiger partial charge in [0.15, 0.2) is 0 Å². The molecule has 0 aromatic heterocycles. The highest BCUT2D eigenvalue weighted by Crippen LogP contribution is 2.33. The van der Waals surface area contributed by atoms with Gasteiger partial charge in [-0.25, -0.2) is 0 Å². The molecule has 1 saturated carbocycles. The van der Waals surface area contributed by atoms with Gasteiger partial charge in [0.05, 0.1) is 4.92 Å². The van der Waals surface area contributed by atoms with E-state index in [4.69, 9.17) is 11.6 Å². The number of hydrogen-bond donors (Lipinski definition) is 0. The number of nitro benzene ring substituents is 1. The number of nitrogens with zero attached hydrogens (tertiary/aromatic N) is 2. The van der Waals surface area contributed by atoms with Crippen molar-refractivity contribution in [3.63, 3.8) is 0 Å². The molecule has 1 aromatic carbocycles. The molecule has 0 spiro atoms. The molecule has 0 saturated heterocycles. The molecule has 1 amide bonds. The van der Waals surface area contributed by atoms with Gasteiger partial charge in [-0.15, -0.1) is 11.6 Å².